The van der Waals surface area contributed by atoms with E-state index >= 15 is 0 Å². The van der Waals surface area contributed by atoms with Gasteiger partial charge in [-0.25, -0.2) is 4.98 Å². The molecule has 6 rings (SSSR count). The minimum absolute atomic E-state index is 0.0711. The van der Waals surface area contributed by atoms with Crippen molar-refractivity contribution in [1.82, 2.24) is 4.98 Å². The second-order valence-electron chi connectivity index (χ2n) is 11.3. The summed E-state index contributed by atoms with van der Waals surface area (Å²) in [6.07, 6.45) is 7.26. The van der Waals surface area contributed by atoms with Gasteiger partial charge in [-0.15, -0.1) is 0 Å². The molecule has 4 bridgehead atoms. The van der Waals surface area contributed by atoms with Gasteiger partial charge in [0, 0.05) is 29.7 Å². The van der Waals surface area contributed by atoms with E-state index in [2.05, 4.69) is 48.0 Å². The Balaban J connectivity index is 0.000000489. The van der Waals surface area contributed by atoms with Crippen molar-refractivity contribution in [2.45, 2.75) is 68.6 Å². The number of hydrogen-bond donors (Lipinski definition) is 0. The van der Waals surface area contributed by atoms with Gasteiger partial charge in [0.05, 0.1) is 18.0 Å². The number of halogens is 5. The standard InChI is InChI=1S/C26H31BrNO2S.BF4/c1-25(2)17-8-9-26(25,22(29)12-17)24-15-4-6-19(10-15)31(24)14-16-11-23(27)28-21-7-5-18(30-3)13-20(16)21;2-1(3,4)5/h5,7,11,13,15,17,19,24H,4,6,8-10,12,14H2,1-3H3;/q+1;-1/t15-,17-,19+,24+,26+,31?;/m1./s1. The van der Waals surface area contributed by atoms with E-state index in [0.29, 0.717) is 17.0 Å². The normalized spacial score (nSPS) is 34.2. The van der Waals surface area contributed by atoms with Crippen LogP contribution in [0, 0.1) is 22.7 Å². The first-order chi connectivity index (χ1) is 16.8. The van der Waals surface area contributed by atoms with Crippen LogP contribution in [0.2, 0.25) is 0 Å². The molecule has 3 nitrogen and oxygen atoms in total. The lowest BCUT2D eigenvalue weighted by Crippen LogP contribution is -2.53. The molecule has 3 aliphatic carbocycles. The number of carbonyl (C=O) groups is 1. The van der Waals surface area contributed by atoms with Crippen LogP contribution in [-0.2, 0) is 21.4 Å². The van der Waals surface area contributed by atoms with E-state index in [0.717, 1.165) is 45.6 Å². The maximum atomic E-state index is 13.6. The molecule has 2 aromatic rings. The topological polar surface area (TPSA) is 39.2 Å². The van der Waals surface area contributed by atoms with Crippen LogP contribution < -0.4 is 4.74 Å². The molecule has 4 aliphatic rings. The SMILES string of the molecule is COc1ccc2nc(Br)cc(C[S+]3[C@H]4CC[C@H](C4)[C@H]3[C@]34CC[C@H](CC3=O)C4(C)C)c2c1.F[B-](F)(F)F. The van der Waals surface area contributed by atoms with Crippen LogP contribution >= 0.6 is 15.9 Å². The van der Waals surface area contributed by atoms with Gasteiger partial charge in [0.1, 0.15) is 32.4 Å². The van der Waals surface area contributed by atoms with Crippen molar-refractivity contribution >= 4 is 50.8 Å². The van der Waals surface area contributed by atoms with Crippen molar-refractivity contribution in [1.29, 1.82) is 0 Å². The number of Topliss-reactive ketones (excluding diaryl/α,β-unsaturated/α-hetero) is 1. The van der Waals surface area contributed by atoms with E-state index in [9.17, 15) is 22.1 Å². The Morgan fingerprint density at radius 1 is 1.17 bits per heavy atom. The highest BCUT2D eigenvalue weighted by Gasteiger charge is 2.75. The van der Waals surface area contributed by atoms with Crippen molar-refractivity contribution in [3.8, 4) is 5.75 Å². The Hall–Kier alpha value is -1.29. The molecular formula is C26H31BBrF4NO2S. The lowest BCUT2D eigenvalue weighted by Gasteiger charge is -2.43. The number of hydrogen-bond acceptors (Lipinski definition) is 3. The van der Waals surface area contributed by atoms with Gasteiger partial charge in [-0.3, -0.25) is 4.79 Å². The molecule has 0 N–H and O–H groups in total. The van der Waals surface area contributed by atoms with Crippen LogP contribution in [0.3, 0.4) is 0 Å². The van der Waals surface area contributed by atoms with E-state index in [1.165, 1.54) is 36.6 Å². The number of pyridine rings is 1. The van der Waals surface area contributed by atoms with Crippen molar-refractivity contribution in [3.63, 3.8) is 0 Å². The summed E-state index contributed by atoms with van der Waals surface area (Å²) in [6, 6.07) is 8.42. The van der Waals surface area contributed by atoms with Gasteiger partial charge in [0.25, 0.3) is 0 Å². The molecule has 0 amide bonds. The van der Waals surface area contributed by atoms with Crippen LogP contribution in [0.15, 0.2) is 28.9 Å². The fraction of sp³-hybridized carbons (Fsp3) is 0.615. The van der Waals surface area contributed by atoms with E-state index in [4.69, 9.17) is 9.72 Å². The van der Waals surface area contributed by atoms with E-state index in [1.807, 2.05) is 6.07 Å². The molecule has 1 aliphatic heterocycles. The molecule has 6 atom stereocenters. The molecule has 3 saturated carbocycles. The van der Waals surface area contributed by atoms with Crippen LogP contribution in [0.5, 0.6) is 5.75 Å². The summed E-state index contributed by atoms with van der Waals surface area (Å²) in [6.45, 7) is 4.85. The first-order valence-electron chi connectivity index (χ1n) is 12.6. The van der Waals surface area contributed by atoms with Crippen molar-refractivity contribution < 1.29 is 26.8 Å². The number of fused-ring (bicyclic) bond motifs is 5. The third-order valence-corrected chi connectivity index (χ3v) is 13.2. The van der Waals surface area contributed by atoms with Gasteiger partial charge in [-0.1, -0.05) is 13.8 Å². The molecule has 196 valence electrons. The van der Waals surface area contributed by atoms with Crippen molar-refractivity contribution in [3.05, 3.63) is 34.4 Å². The van der Waals surface area contributed by atoms with Gasteiger partial charge in [0.2, 0.25) is 0 Å². The van der Waals surface area contributed by atoms with E-state index in [-0.39, 0.29) is 21.7 Å². The van der Waals surface area contributed by atoms with Crippen molar-refractivity contribution in [2.75, 3.05) is 7.11 Å². The molecule has 4 fully saturated rings. The Morgan fingerprint density at radius 3 is 2.50 bits per heavy atom. The van der Waals surface area contributed by atoms with Gasteiger partial charge >= 0.3 is 7.25 Å². The maximum Gasteiger partial charge on any atom is 0.673 e. The summed E-state index contributed by atoms with van der Waals surface area (Å²) < 4.78 is 45.4. The first-order valence-corrected chi connectivity index (χ1v) is 14.9. The smallest absolute Gasteiger partial charge is 0.497 e. The van der Waals surface area contributed by atoms with Gasteiger partial charge in [-0.2, -0.15) is 0 Å². The molecule has 1 saturated heterocycles. The summed E-state index contributed by atoms with van der Waals surface area (Å²) in [5.41, 5.74) is 2.48. The molecule has 1 unspecified atom stereocenters. The minimum Gasteiger partial charge on any atom is -0.497 e. The van der Waals surface area contributed by atoms with Crippen LogP contribution in [0.25, 0.3) is 10.9 Å². The Bertz CT molecular complexity index is 1190. The van der Waals surface area contributed by atoms with Gasteiger partial charge < -0.3 is 22.0 Å². The predicted octanol–water partition coefficient (Wildman–Crippen LogP) is 7.37. The van der Waals surface area contributed by atoms with Gasteiger partial charge in [-0.05, 0) is 88.1 Å². The largest absolute Gasteiger partial charge is 0.673 e. The fourth-order valence-corrected chi connectivity index (χ4v) is 12.5. The average molecular weight is 588 g/mol. The molecule has 36 heavy (non-hydrogen) atoms. The first kappa shape index (κ1) is 26.3. The van der Waals surface area contributed by atoms with Crippen molar-refractivity contribution in [2.24, 2.45) is 22.7 Å². The Kier molecular flexibility index (Phi) is 6.71. The van der Waals surface area contributed by atoms with Crippen LogP contribution in [0.1, 0.15) is 57.9 Å². The van der Waals surface area contributed by atoms with E-state index < -0.39 is 7.25 Å². The fourth-order valence-electron chi connectivity index (χ4n) is 7.89. The van der Waals surface area contributed by atoms with E-state index in [1.54, 1.807) is 7.11 Å². The molecule has 0 radical (unpaired) electrons. The number of carbonyl (C=O) groups excluding carboxylic acids is 1. The highest BCUT2D eigenvalue weighted by atomic mass is 79.9. The Labute approximate surface area is 220 Å². The summed E-state index contributed by atoms with van der Waals surface area (Å²) in [4.78, 5) is 18.3. The van der Waals surface area contributed by atoms with Crippen LogP contribution in [-0.4, -0.2) is 35.6 Å². The predicted molar refractivity (Wildman–Crippen MR) is 141 cm³/mol. The zero-order chi connectivity index (χ0) is 26.0. The number of rotatable bonds is 4. The summed E-state index contributed by atoms with van der Waals surface area (Å²) in [5, 5.41) is 2.57. The average Bonchev–Trinajstić information content (AvgIpc) is 3.49. The zero-order valence-electron chi connectivity index (χ0n) is 20.7. The summed E-state index contributed by atoms with van der Waals surface area (Å²) >= 11 is 3.66. The molecule has 1 aromatic heterocycles. The molecular weight excluding hydrogens is 557 g/mol. The Morgan fingerprint density at radius 2 is 1.89 bits per heavy atom. The molecule has 2 heterocycles. The molecule has 0 spiro atoms. The number of ether oxygens (including phenoxy) is 1. The summed E-state index contributed by atoms with van der Waals surface area (Å²) in [7, 11) is -4.03. The lowest BCUT2D eigenvalue weighted by atomic mass is 9.64. The monoisotopic (exact) mass is 587 g/mol. The lowest BCUT2D eigenvalue weighted by molar-refractivity contribution is -0.130. The second kappa shape index (κ2) is 9.17. The van der Waals surface area contributed by atoms with Gasteiger partial charge in [0.15, 0.2) is 0 Å². The summed E-state index contributed by atoms with van der Waals surface area (Å²) in [5.74, 6) is 3.91. The minimum atomic E-state index is -6.00. The second-order valence-corrected chi connectivity index (χ2v) is 14.5. The number of nitrogens with zero attached hydrogens (tertiary/aromatic N) is 1. The van der Waals surface area contributed by atoms with Crippen LogP contribution in [0.4, 0.5) is 17.3 Å². The molecule has 1 aromatic carbocycles. The number of benzene rings is 1. The number of aromatic nitrogens is 1. The number of methoxy groups -OCH3 is 1. The quantitative estimate of drug-likeness (QED) is 0.162. The highest BCUT2D eigenvalue weighted by Crippen LogP contribution is 2.70. The maximum absolute atomic E-state index is 13.6. The third kappa shape index (κ3) is 4.28. The molecule has 10 heteroatoms. The highest BCUT2D eigenvalue weighted by molar-refractivity contribution is 9.10. The zero-order valence-corrected chi connectivity index (χ0v) is 23.1. The number of ketones is 1. The third-order valence-electron chi connectivity index (χ3n) is 9.47.